The molecule has 20 heavy (non-hydrogen) atoms. The second-order valence-electron chi connectivity index (χ2n) is 5.94. The number of unbranched alkanes of at least 4 members (excludes halogenated alkanes) is 8. The molecule has 0 fully saturated rings. The molecule has 3 nitrogen and oxygen atoms in total. The third kappa shape index (κ3) is 15.9. The zero-order valence-electron chi connectivity index (χ0n) is 14.0. The average molecular weight is 287 g/mol. The van der Waals surface area contributed by atoms with Gasteiger partial charge in [-0.3, -0.25) is 0 Å². The quantitative estimate of drug-likeness (QED) is 0.350. The minimum Gasteiger partial charge on any atom is -0.368 e. The zero-order valence-corrected chi connectivity index (χ0v) is 14.0. The molecule has 2 N–H and O–H groups in total. The monoisotopic (exact) mass is 287 g/mol. The van der Waals surface area contributed by atoms with Gasteiger partial charge in [0.15, 0.2) is 6.29 Å². The van der Waals surface area contributed by atoms with Crippen molar-refractivity contribution in [1.29, 1.82) is 0 Å². The smallest absolute Gasteiger partial charge is 0.151 e. The highest BCUT2D eigenvalue weighted by Crippen LogP contribution is 2.11. The van der Waals surface area contributed by atoms with E-state index in [4.69, 9.17) is 9.84 Å². The van der Waals surface area contributed by atoms with Crippen LogP contribution in [0.15, 0.2) is 0 Å². The summed E-state index contributed by atoms with van der Waals surface area (Å²) >= 11 is 0. The Labute approximate surface area is 126 Å². The van der Waals surface area contributed by atoms with Crippen LogP contribution in [0, 0.1) is 0 Å². The molecule has 0 bridgehead atoms. The molecule has 0 aromatic rings. The van der Waals surface area contributed by atoms with Crippen LogP contribution in [0.3, 0.4) is 0 Å². The Morgan fingerprint density at radius 1 is 0.900 bits per heavy atom. The lowest BCUT2D eigenvalue weighted by Gasteiger charge is -2.14. The lowest BCUT2D eigenvalue weighted by molar-refractivity contribution is -0.0838. The molecule has 0 aliphatic carbocycles. The second-order valence-corrected chi connectivity index (χ2v) is 5.94. The lowest BCUT2D eigenvalue weighted by atomic mass is 10.0. The highest BCUT2D eigenvalue weighted by molar-refractivity contribution is 4.60. The van der Waals surface area contributed by atoms with Gasteiger partial charge in [-0.1, -0.05) is 64.7 Å². The van der Waals surface area contributed by atoms with E-state index in [2.05, 4.69) is 19.2 Å². The van der Waals surface area contributed by atoms with Crippen molar-refractivity contribution in [1.82, 2.24) is 5.32 Å². The molecule has 0 heterocycles. The third-order valence-electron chi connectivity index (χ3n) is 3.69. The molecule has 0 amide bonds. The van der Waals surface area contributed by atoms with Crippen molar-refractivity contribution < 1.29 is 9.84 Å². The summed E-state index contributed by atoms with van der Waals surface area (Å²) in [6.07, 6.45) is 13.1. The van der Waals surface area contributed by atoms with Crippen LogP contribution in [0.25, 0.3) is 0 Å². The van der Waals surface area contributed by atoms with Crippen molar-refractivity contribution in [2.24, 2.45) is 0 Å². The molecule has 3 heteroatoms. The predicted octanol–water partition coefficient (Wildman–Crippen LogP) is 4.24. The van der Waals surface area contributed by atoms with Gasteiger partial charge < -0.3 is 15.2 Å². The summed E-state index contributed by atoms with van der Waals surface area (Å²) in [6.45, 7) is 7.55. The van der Waals surface area contributed by atoms with Gasteiger partial charge in [0.1, 0.15) is 0 Å². The molecule has 0 saturated heterocycles. The Bertz CT molecular complexity index is 186. The third-order valence-corrected chi connectivity index (χ3v) is 3.69. The largest absolute Gasteiger partial charge is 0.368 e. The van der Waals surface area contributed by atoms with Crippen molar-refractivity contribution >= 4 is 0 Å². The van der Waals surface area contributed by atoms with Gasteiger partial charge in [0.2, 0.25) is 0 Å². The Balaban J connectivity index is 3.13. The van der Waals surface area contributed by atoms with Gasteiger partial charge in [0.05, 0.1) is 6.61 Å². The number of hydrogen-bond donors (Lipinski definition) is 2. The highest BCUT2D eigenvalue weighted by atomic mass is 16.6. The van der Waals surface area contributed by atoms with Crippen LogP contribution in [0.4, 0.5) is 0 Å². The number of aliphatic hydroxyl groups excluding tert-OH is 1. The molecule has 2 atom stereocenters. The normalized spacial score (nSPS) is 14.4. The van der Waals surface area contributed by atoms with Gasteiger partial charge in [0.25, 0.3) is 0 Å². The van der Waals surface area contributed by atoms with E-state index in [0.717, 1.165) is 6.54 Å². The summed E-state index contributed by atoms with van der Waals surface area (Å²) in [5.41, 5.74) is 0. The van der Waals surface area contributed by atoms with E-state index in [9.17, 15) is 0 Å². The molecule has 0 aliphatic rings. The topological polar surface area (TPSA) is 41.5 Å². The maximum Gasteiger partial charge on any atom is 0.151 e. The van der Waals surface area contributed by atoms with E-state index < -0.39 is 6.29 Å². The minimum absolute atomic E-state index is 0.553. The van der Waals surface area contributed by atoms with Gasteiger partial charge in [-0.05, 0) is 20.3 Å². The van der Waals surface area contributed by atoms with Gasteiger partial charge in [-0.15, -0.1) is 0 Å². The van der Waals surface area contributed by atoms with E-state index in [1.165, 1.54) is 64.2 Å². The van der Waals surface area contributed by atoms with Crippen molar-refractivity contribution in [3.8, 4) is 0 Å². The number of ether oxygens (including phenoxy) is 1. The molecule has 0 saturated carbocycles. The zero-order chi connectivity index (χ0) is 15.1. The summed E-state index contributed by atoms with van der Waals surface area (Å²) in [5, 5.41) is 12.4. The molecule has 0 aromatic heterocycles. The summed E-state index contributed by atoms with van der Waals surface area (Å²) < 4.78 is 5.08. The van der Waals surface area contributed by atoms with Gasteiger partial charge in [0, 0.05) is 12.6 Å². The minimum atomic E-state index is -0.649. The summed E-state index contributed by atoms with van der Waals surface area (Å²) in [6, 6.07) is 0.553. The van der Waals surface area contributed by atoms with E-state index in [1.807, 2.05) is 0 Å². The van der Waals surface area contributed by atoms with Gasteiger partial charge in [-0.2, -0.15) is 0 Å². The molecule has 2 unspecified atom stereocenters. The lowest BCUT2D eigenvalue weighted by Crippen LogP contribution is -2.30. The molecule has 0 aromatic carbocycles. The van der Waals surface area contributed by atoms with Crippen LogP contribution in [-0.4, -0.2) is 30.6 Å². The number of rotatable bonds is 15. The molecule has 0 rings (SSSR count). The fraction of sp³-hybridized carbons (Fsp3) is 1.00. The fourth-order valence-corrected chi connectivity index (χ4v) is 2.40. The highest BCUT2D eigenvalue weighted by Gasteiger charge is 2.01. The number of hydrogen-bond acceptors (Lipinski definition) is 3. The van der Waals surface area contributed by atoms with Crippen molar-refractivity contribution in [3.05, 3.63) is 0 Å². The maximum absolute atomic E-state index is 8.96. The van der Waals surface area contributed by atoms with E-state index in [-0.39, 0.29) is 0 Å². The Morgan fingerprint density at radius 3 is 2.00 bits per heavy atom. The summed E-state index contributed by atoms with van der Waals surface area (Å²) in [5.74, 6) is 0. The Kier molecular flexibility index (Phi) is 15.2. The van der Waals surface area contributed by atoms with Crippen LogP contribution >= 0.6 is 0 Å². The summed E-state index contributed by atoms with van der Waals surface area (Å²) in [7, 11) is 0. The first-order valence-electron chi connectivity index (χ1n) is 8.69. The van der Waals surface area contributed by atoms with Crippen LogP contribution in [0.5, 0.6) is 0 Å². The predicted molar refractivity (Wildman–Crippen MR) is 86.9 cm³/mol. The molecular formula is C17H37NO2. The van der Waals surface area contributed by atoms with E-state index in [0.29, 0.717) is 12.6 Å². The van der Waals surface area contributed by atoms with Crippen molar-refractivity contribution in [2.45, 2.75) is 97.3 Å². The fourth-order valence-electron chi connectivity index (χ4n) is 2.40. The first kappa shape index (κ1) is 19.9. The molecule has 0 spiro atoms. The van der Waals surface area contributed by atoms with Crippen LogP contribution in [0.1, 0.15) is 85.0 Å². The van der Waals surface area contributed by atoms with E-state index in [1.54, 1.807) is 6.92 Å². The Morgan fingerprint density at radius 2 is 1.45 bits per heavy atom. The Hall–Kier alpha value is -0.120. The van der Waals surface area contributed by atoms with Crippen LogP contribution in [-0.2, 0) is 4.74 Å². The second kappa shape index (κ2) is 15.3. The molecule has 122 valence electrons. The van der Waals surface area contributed by atoms with Gasteiger partial charge in [-0.25, -0.2) is 0 Å². The maximum atomic E-state index is 8.96. The summed E-state index contributed by atoms with van der Waals surface area (Å²) in [4.78, 5) is 0. The van der Waals surface area contributed by atoms with Gasteiger partial charge >= 0.3 is 0 Å². The van der Waals surface area contributed by atoms with Crippen molar-refractivity contribution in [3.63, 3.8) is 0 Å². The van der Waals surface area contributed by atoms with E-state index >= 15 is 0 Å². The molecule has 0 aliphatic heterocycles. The molecular weight excluding hydrogens is 250 g/mol. The van der Waals surface area contributed by atoms with Crippen molar-refractivity contribution in [2.75, 3.05) is 13.2 Å². The van der Waals surface area contributed by atoms with Crippen LogP contribution < -0.4 is 5.32 Å². The number of nitrogens with one attached hydrogen (secondary N) is 1. The SMILES string of the molecule is CCCCCCCCCCCC(C)NCCOC(C)O. The van der Waals surface area contributed by atoms with Crippen LogP contribution in [0.2, 0.25) is 0 Å². The standard InChI is InChI=1S/C17H37NO2/c1-4-5-6-7-8-9-10-11-12-13-16(2)18-14-15-20-17(3)19/h16-19H,4-15H2,1-3H3. The average Bonchev–Trinajstić information content (AvgIpc) is 2.41. The first-order chi connectivity index (χ1) is 9.66. The molecule has 0 radical (unpaired) electrons. The number of aliphatic hydroxyl groups is 1. The first-order valence-corrected chi connectivity index (χ1v) is 8.69.